The highest BCUT2D eigenvalue weighted by molar-refractivity contribution is 14.1. The number of anilines is 2. The van der Waals surface area contributed by atoms with E-state index in [1.807, 2.05) is 22.6 Å². The van der Waals surface area contributed by atoms with Gasteiger partial charge in [-0.2, -0.15) is 0 Å². The summed E-state index contributed by atoms with van der Waals surface area (Å²) in [5.74, 6) is -4.04. The van der Waals surface area contributed by atoms with Crippen LogP contribution in [0.1, 0.15) is 23.7 Å². The molecule has 0 heterocycles. The third kappa shape index (κ3) is 5.08. The van der Waals surface area contributed by atoms with Gasteiger partial charge in [0.1, 0.15) is 5.82 Å². The van der Waals surface area contributed by atoms with Gasteiger partial charge in [-0.25, -0.2) is 18.7 Å². The second-order valence-corrected chi connectivity index (χ2v) is 6.65. The zero-order valence-electron chi connectivity index (χ0n) is 13.7. The van der Waals surface area contributed by atoms with Crippen LogP contribution in [-0.4, -0.2) is 23.7 Å². The van der Waals surface area contributed by atoms with Crippen molar-refractivity contribution in [1.82, 2.24) is 5.48 Å². The lowest BCUT2D eigenvalue weighted by atomic mass is 10.1. The first kappa shape index (κ1) is 20.5. The molecule has 0 saturated carbocycles. The molecule has 5 nitrogen and oxygen atoms in total. The number of aliphatic hydroxyl groups is 1. The third-order valence-electron chi connectivity index (χ3n) is 3.42. The van der Waals surface area contributed by atoms with Gasteiger partial charge in [0, 0.05) is 10.2 Å². The SMILES string of the molecule is CC(CCO)ONC(=O)c1ccc(F)c(F)c1Nc1ccc(I)cc1F. The quantitative estimate of drug-likeness (QED) is 0.416. The molecule has 1 atom stereocenters. The van der Waals surface area contributed by atoms with Crippen molar-refractivity contribution < 1.29 is 27.9 Å². The number of halogens is 4. The van der Waals surface area contributed by atoms with Crippen LogP contribution in [0.3, 0.4) is 0 Å². The Kier molecular flexibility index (Phi) is 7.23. The van der Waals surface area contributed by atoms with Gasteiger partial charge >= 0.3 is 0 Å². The second-order valence-electron chi connectivity index (χ2n) is 5.41. The number of benzene rings is 2. The number of carbonyl (C=O) groups is 1. The molecule has 0 spiro atoms. The Morgan fingerprint density at radius 2 is 1.96 bits per heavy atom. The average Bonchev–Trinajstić information content (AvgIpc) is 2.59. The van der Waals surface area contributed by atoms with Crippen molar-refractivity contribution in [3.63, 3.8) is 0 Å². The first-order chi connectivity index (χ1) is 12.3. The molecule has 1 unspecified atom stereocenters. The molecule has 140 valence electrons. The molecule has 0 aromatic heterocycles. The molecule has 0 bridgehead atoms. The van der Waals surface area contributed by atoms with Crippen molar-refractivity contribution in [2.24, 2.45) is 0 Å². The van der Waals surface area contributed by atoms with Gasteiger partial charge < -0.3 is 10.4 Å². The van der Waals surface area contributed by atoms with E-state index in [-0.39, 0.29) is 24.3 Å². The predicted molar refractivity (Wildman–Crippen MR) is 98.5 cm³/mol. The normalized spacial score (nSPS) is 11.9. The molecule has 3 N–H and O–H groups in total. The Labute approximate surface area is 161 Å². The molecule has 0 fully saturated rings. The molecule has 2 rings (SSSR count). The molecule has 2 aromatic carbocycles. The van der Waals surface area contributed by atoms with Gasteiger partial charge in [-0.3, -0.25) is 9.63 Å². The lowest BCUT2D eigenvalue weighted by molar-refractivity contribution is -0.0168. The predicted octanol–water partition coefficient (Wildman–Crippen LogP) is 3.88. The molecule has 0 aliphatic rings. The van der Waals surface area contributed by atoms with Crippen LogP contribution in [0.5, 0.6) is 0 Å². The lowest BCUT2D eigenvalue weighted by Gasteiger charge is -2.16. The number of hydrogen-bond donors (Lipinski definition) is 3. The fourth-order valence-corrected chi connectivity index (χ4v) is 2.49. The van der Waals surface area contributed by atoms with Crippen LogP contribution in [0.4, 0.5) is 24.5 Å². The highest BCUT2D eigenvalue weighted by atomic mass is 127. The Hall–Kier alpha value is -1.85. The van der Waals surface area contributed by atoms with E-state index in [0.29, 0.717) is 3.57 Å². The van der Waals surface area contributed by atoms with E-state index >= 15 is 0 Å². The van der Waals surface area contributed by atoms with Crippen LogP contribution < -0.4 is 10.8 Å². The topological polar surface area (TPSA) is 70.6 Å². The van der Waals surface area contributed by atoms with E-state index in [1.54, 1.807) is 13.0 Å². The van der Waals surface area contributed by atoms with E-state index < -0.39 is 35.2 Å². The summed E-state index contributed by atoms with van der Waals surface area (Å²) in [5.41, 5.74) is 1.21. The largest absolute Gasteiger partial charge is 0.396 e. The van der Waals surface area contributed by atoms with Crippen LogP contribution >= 0.6 is 22.6 Å². The van der Waals surface area contributed by atoms with Crippen LogP contribution in [0, 0.1) is 21.0 Å². The maximum absolute atomic E-state index is 14.2. The van der Waals surface area contributed by atoms with Gasteiger partial charge in [-0.05, 0) is 66.3 Å². The summed E-state index contributed by atoms with van der Waals surface area (Å²) in [6.45, 7) is 1.48. The molecule has 0 radical (unpaired) electrons. The zero-order valence-corrected chi connectivity index (χ0v) is 15.8. The minimum absolute atomic E-state index is 0.112. The molecular weight excluding hydrogens is 464 g/mol. The number of nitrogens with one attached hydrogen (secondary N) is 2. The molecular formula is C17H16F3IN2O3. The summed E-state index contributed by atoms with van der Waals surface area (Å²) in [7, 11) is 0. The smallest absolute Gasteiger partial charge is 0.277 e. The molecule has 0 aliphatic heterocycles. The number of rotatable bonds is 7. The van der Waals surface area contributed by atoms with Gasteiger partial charge in [0.15, 0.2) is 11.6 Å². The molecule has 2 aromatic rings. The third-order valence-corrected chi connectivity index (χ3v) is 4.09. The zero-order chi connectivity index (χ0) is 19.3. The Morgan fingerprint density at radius 3 is 2.62 bits per heavy atom. The summed E-state index contributed by atoms with van der Waals surface area (Å²) in [6, 6.07) is 5.97. The summed E-state index contributed by atoms with van der Waals surface area (Å²) in [5, 5.41) is 11.2. The van der Waals surface area contributed by atoms with Crippen molar-refractivity contribution in [1.29, 1.82) is 0 Å². The van der Waals surface area contributed by atoms with Crippen LogP contribution in [0.25, 0.3) is 0 Å². The van der Waals surface area contributed by atoms with Crippen molar-refractivity contribution >= 4 is 39.9 Å². The minimum Gasteiger partial charge on any atom is -0.396 e. The van der Waals surface area contributed by atoms with Crippen molar-refractivity contribution in [2.45, 2.75) is 19.4 Å². The van der Waals surface area contributed by atoms with Gasteiger partial charge in [-0.1, -0.05) is 0 Å². The van der Waals surface area contributed by atoms with Crippen LogP contribution in [0.15, 0.2) is 30.3 Å². The van der Waals surface area contributed by atoms with Gasteiger partial charge in [0.05, 0.1) is 23.0 Å². The fraction of sp³-hybridized carbons (Fsp3) is 0.235. The molecule has 0 aliphatic carbocycles. The highest BCUT2D eigenvalue weighted by Gasteiger charge is 2.20. The molecule has 0 saturated heterocycles. The van der Waals surface area contributed by atoms with Gasteiger partial charge in [0.2, 0.25) is 0 Å². The summed E-state index contributed by atoms with van der Waals surface area (Å²) in [4.78, 5) is 17.3. The average molecular weight is 480 g/mol. The second kappa shape index (κ2) is 9.19. The van der Waals surface area contributed by atoms with Crippen LogP contribution in [0.2, 0.25) is 0 Å². The molecule has 26 heavy (non-hydrogen) atoms. The number of aliphatic hydroxyl groups excluding tert-OH is 1. The summed E-state index contributed by atoms with van der Waals surface area (Å²) >= 11 is 1.91. The maximum atomic E-state index is 14.2. The van der Waals surface area contributed by atoms with E-state index in [9.17, 15) is 18.0 Å². The summed E-state index contributed by atoms with van der Waals surface area (Å²) in [6.07, 6.45) is -0.212. The van der Waals surface area contributed by atoms with E-state index in [1.165, 1.54) is 12.1 Å². The number of amides is 1. The Bertz CT molecular complexity index is 805. The minimum atomic E-state index is -1.32. The van der Waals surface area contributed by atoms with Gasteiger partial charge in [-0.15, -0.1) is 0 Å². The molecule has 1 amide bonds. The Balaban J connectivity index is 2.30. The first-order valence-corrected chi connectivity index (χ1v) is 8.68. The highest BCUT2D eigenvalue weighted by Crippen LogP contribution is 2.28. The number of hydroxylamine groups is 1. The van der Waals surface area contributed by atoms with Crippen molar-refractivity contribution in [3.8, 4) is 0 Å². The summed E-state index contributed by atoms with van der Waals surface area (Å²) < 4.78 is 42.5. The lowest BCUT2D eigenvalue weighted by Crippen LogP contribution is -2.29. The number of hydrogen-bond acceptors (Lipinski definition) is 4. The standard InChI is InChI=1S/C17H16F3IN2O3/c1-9(6-7-24)26-23-17(25)11-3-4-12(18)15(20)16(11)22-14-5-2-10(21)8-13(14)19/h2-5,8-9,22,24H,6-7H2,1H3,(H,23,25). The van der Waals surface area contributed by atoms with E-state index in [2.05, 4.69) is 10.8 Å². The fourth-order valence-electron chi connectivity index (χ4n) is 2.04. The monoisotopic (exact) mass is 480 g/mol. The molecule has 9 heteroatoms. The van der Waals surface area contributed by atoms with E-state index in [4.69, 9.17) is 9.94 Å². The van der Waals surface area contributed by atoms with E-state index in [0.717, 1.165) is 12.1 Å². The van der Waals surface area contributed by atoms with Gasteiger partial charge in [0.25, 0.3) is 5.91 Å². The van der Waals surface area contributed by atoms with Crippen LogP contribution in [-0.2, 0) is 4.84 Å². The maximum Gasteiger partial charge on any atom is 0.277 e. The first-order valence-electron chi connectivity index (χ1n) is 7.60. The van der Waals surface area contributed by atoms with Crippen molar-refractivity contribution in [2.75, 3.05) is 11.9 Å². The Morgan fingerprint density at radius 1 is 1.23 bits per heavy atom. The number of carbonyl (C=O) groups excluding carboxylic acids is 1. The van der Waals surface area contributed by atoms with Crippen molar-refractivity contribution in [3.05, 3.63) is 56.9 Å².